The molecular weight excluding hydrogens is 212 g/mol. The van der Waals surface area contributed by atoms with Crippen molar-refractivity contribution in [3.8, 4) is 0 Å². The standard InChI is InChI=1S/C9H14N4OS/c1-7-8(10-11-15-7)9(14)13-5-3-12(2)4-6-13/h3-6H2,1-2H3. The summed E-state index contributed by atoms with van der Waals surface area (Å²) in [4.78, 5) is 17.0. The maximum absolute atomic E-state index is 12.0. The minimum atomic E-state index is 0.0225. The average molecular weight is 226 g/mol. The SMILES string of the molecule is Cc1snnc1C(=O)N1CCN(C)CC1. The van der Waals surface area contributed by atoms with Crippen LogP contribution in [0, 0.1) is 6.92 Å². The molecule has 1 aromatic rings. The van der Waals surface area contributed by atoms with Gasteiger partial charge in [0.15, 0.2) is 5.69 Å². The molecule has 1 aliphatic rings. The van der Waals surface area contributed by atoms with Crippen LogP contribution in [0.25, 0.3) is 0 Å². The molecule has 1 fully saturated rings. The number of nitrogens with zero attached hydrogens (tertiary/aromatic N) is 4. The molecule has 2 rings (SSSR count). The van der Waals surface area contributed by atoms with Crippen LogP contribution in [-0.4, -0.2) is 58.5 Å². The van der Waals surface area contributed by atoms with Gasteiger partial charge in [-0.3, -0.25) is 4.79 Å². The van der Waals surface area contributed by atoms with Crippen molar-refractivity contribution in [2.24, 2.45) is 0 Å². The second-order valence-electron chi connectivity index (χ2n) is 3.77. The third-order valence-corrected chi connectivity index (χ3v) is 3.28. The smallest absolute Gasteiger partial charge is 0.275 e. The highest BCUT2D eigenvalue weighted by Crippen LogP contribution is 2.12. The van der Waals surface area contributed by atoms with E-state index in [0.29, 0.717) is 5.69 Å². The van der Waals surface area contributed by atoms with Gasteiger partial charge in [-0.2, -0.15) is 0 Å². The van der Waals surface area contributed by atoms with Gasteiger partial charge in [0.2, 0.25) is 0 Å². The fraction of sp³-hybridized carbons (Fsp3) is 0.667. The van der Waals surface area contributed by atoms with Crippen molar-refractivity contribution in [2.75, 3.05) is 33.2 Å². The Hall–Kier alpha value is -1.01. The average Bonchev–Trinajstić information content (AvgIpc) is 2.65. The Morgan fingerprint density at radius 3 is 2.53 bits per heavy atom. The zero-order valence-electron chi connectivity index (χ0n) is 8.93. The fourth-order valence-electron chi connectivity index (χ4n) is 1.59. The van der Waals surface area contributed by atoms with Crippen molar-refractivity contribution in [1.29, 1.82) is 0 Å². The van der Waals surface area contributed by atoms with Gasteiger partial charge in [-0.1, -0.05) is 4.49 Å². The Balaban J connectivity index is 2.06. The van der Waals surface area contributed by atoms with Crippen LogP contribution >= 0.6 is 11.5 Å². The summed E-state index contributed by atoms with van der Waals surface area (Å²) in [7, 11) is 2.07. The molecule has 1 aliphatic heterocycles. The monoisotopic (exact) mass is 226 g/mol. The summed E-state index contributed by atoms with van der Waals surface area (Å²) in [5.41, 5.74) is 0.518. The molecular formula is C9H14N4OS. The Bertz CT molecular complexity index is 357. The van der Waals surface area contributed by atoms with Gasteiger partial charge in [0.1, 0.15) is 0 Å². The highest BCUT2D eigenvalue weighted by molar-refractivity contribution is 7.05. The van der Waals surface area contributed by atoms with Gasteiger partial charge >= 0.3 is 0 Å². The topological polar surface area (TPSA) is 49.3 Å². The van der Waals surface area contributed by atoms with E-state index >= 15 is 0 Å². The molecule has 0 N–H and O–H groups in total. The van der Waals surface area contributed by atoms with Gasteiger partial charge in [0, 0.05) is 26.2 Å². The Morgan fingerprint density at radius 1 is 1.33 bits per heavy atom. The Morgan fingerprint density at radius 2 is 2.00 bits per heavy atom. The molecule has 0 bridgehead atoms. The summed E-state index contributed by atoms with van der Waals surface area (Å²) >= 11 is 1.28. The third kappa shape index (κ3) is 2.15. The van der Waals surface area contributed by atoms with E-state index < -0.39 is 0 Å². The number of hydrogen-bond acceptors (Lipinski definition) is 5. The lowest BCUT2D eigenvalue weighted by molar-refractivity contribution is 0.0657. The number of amides is 1. The minimum Gasteiger partial charge on any atom is -0.335 e. The third-order valence-electron chi connectivity index (χ3n) is 2.65. The molecule has 2 heterocycles. The van der Waals surface area contributed by atoms with Gasteiger partial charge in [0.05, 0.1) is 4.88 Å². The van der Waals surface area contributed by atoms with Crippen LogP contribution in [0.15, 0.2) is 0 Å². The van der Waals surface area contributed by atoms with Crippen molar-refractivity contribution in [3.63, 3.8) is 0 Å². The maximum Gasteiger partial charge on any atom is 0.275 e. The van der Waals surface area contributed by atoms with Crippen LogP contribution in [0.1, 0.15) is 15.4 Å². The molecule has 0 radical (unpaired) electrons. The van der Waals surface area contributed by atoms with Gasteiger partial charge in [-0.15, -0.1) is 5.10 Å². The molecule has 0 saturated carbocycles. The van der Waals surface area contributed by atoms with Gasteiger partial charge in [-0.25, -0.2) is 0 Å². The molecule has 82 valence electrons. The Labute approximate surface area is 92.9 Å². The fourth-order valence-corrected chi connectivity index (χ4v) is 2.05. The van der Waals surface area contributed by atoms with Gasteiger partial charge < -0.3 is 9.80 Å². The molecule has 0 aliphatic carbocycles. The number of carbonyl (C=O) groups is 1. The second-order valence-corrected chi connectivity index (χ2v) is 4.73. The van der Waals surface area contributed by atoms with Crippen molar-refractivity contribution >= 4 is 17.4 Å². The van der Waals surface area contributed by atoms with E-state index in [1.54, 1.807) is 0 Å². The highest BCUT2D eigenvalue weighted by atomic mass is 32.1. The van der Waals surface area contributed by atoms with Crippen molar-refractivity contribution < 1.29 is 4.79 Å². The first kappa shape index (κ1) is 10.5. The largest absolute Gasteiger partial charge is 0.335 e. The predicted molar refractivity (Wildman–Crippen MR) is 58.0 cm³/mol. The van der Waals surface area contributed by atoms with Crippen LogP contribution in [-0.2, 0) is 0 Å². The van der Waals surface area contributed by atoms with Crippen LogP contribution in [0.3, 0.4) is 0 Å². The van der Waals surface area contributed by atoms with E-state index in [2.05, 4.69) is 21.5 Å². The van der Waals surface area contributed by atoms with Crippen molar-refractivity contribution in [2.45, 2.75) is 6.92 Å². The van der Waals surface area contributed by atoms with E-state index in [1.807, 2.05) is 11.8 Å². The zero-order valence-corrected chi connectivity index (χ0v) is 9.75. The molecule has 1 aromatic heterocycles. The highest BCUT2D eigenvalue weighted by Gasteiger charge is 2.23. The first-order chi connectivity index (χ1) is 7.18. The van der Waals surface area contributed by atoms with Crippen molar-refractivity contribution in [3.05, 3.63) is 10.6 Å². The lowest BCUT2D eigenvalue weighted by Gasteiger charge is -2.31. The summed E-state index contributed by atoms with van der Waals surface area (Å²) in [5, 5.41) is 3.87. The summed E-state index contributed by atoms with van der Waals surface area (Å²) in [5.74, 6) is 0.0225. The van der Waals surface area contributed by atoms with Crippen LogP contribution in [0.5, 0.6) is 0 Å². The normalized spacial score (nSPS) is 18.1. The number of aromatic nitrogens is 2. The van der Waals surface area contributed by atoms with E-state index in [1.165, 1.54) is 11.5 Å². The molecule has 0 atom stereocenters. The summed E-state index contributed by atoms with van der Waals surface area (Å²) < 4.78 is 3.79. The molecule has 5 nitrogen and oxygen atoms in total. The first-order valence-electron chi connectivity index (χ1n) is 4.95. The maximum atomic E-state index is 12.0. The minimum absolute atomic E-state index is 0.0225. The number of piperazine rings is 1. The predicted octanol–water partition coefficient (Wildman–Crippen LogP) is 0.234. The first-order valence-corrected chi connectivity index (χ1v) is 5.72. The van der Waals surface area contributed by atoms with Crippen LogP contribution < -0.4 is 0 Å². The molecule has 0 aromatic carbocycles. The number of hydrogen-bond donors (Lipinski definition) is 0. The molecule has 1 saturated heterocycles. The van der Waals surface area contributed by atoms with Gasteiger partial charge in [0.25, 0.3) is 5.91 Å². The zero-order chi connectivity index (χ0) is 10.8. The van der Waals surface area contributed by atoms with E-state index in [-0.39, 0.29) is 5.91 Å². The molecule has 6 heteroatoms. The lowest BCUT2D eigenvalue weighted by Crippen LogP contribution is -2.47. The second kappa shape index (κ2) is 4.24. The molecule has 0 unspecified atom stereocenters. The summed E-state index contributed by atoms with van der Waals surface area (Å²) in [6, 6.07) is 0. The molecule has 0 spiro atoms. The van der Waals surface area contributed by atoms with Crippen LogP contribution in [0.4, 0.5) is 0 Å². The molecule has 1 amide bonds. The van der Waals surface area contributed by atoms with Gasteiger partial charge in [-0.05, 0) is 25.5 Å². The number of aryl methyl sites for hydroxylation is 1. The summed E-state index contributed by atoms with van der Waals surface area (Å²) in [6.07, 6.45) is 0. The summed E-state index contributed by atoms with van der Waals surface area (Å²) in [6.45, 7) is 5.32. The lowest BCUT2D eigenvalue weighted by atomic mass is 10.3. The van der Waals surface area contributed by atoms with Crippen molar-refractivity contribution in [1.82, 2.24) is 19.4 Å². The van der Waals surface area contributed by atoms with E-state index in [9.17, 15) is 4.79 Å². The van der Waals surface area contributed by atoms with Crippen LogP contribution in [0.2, 0.25) is 0 Å². The Kier molecular flexibility index (Phi) is 2.97. The van der Waals surface area contributed by atoms with E-state index in [0.717, 1.165) is 31.1 Å². The number of carbonyl (C=O) groups excluding carboxylic acids is 1. The number of likely N-dealkylation sites (N-methyl/N-ethyl adjacent to an activating group) is 1. The quantitative estimate of drug-likeness (QED) is 0.688. The number of rotatable bonds is 1. The van der Waals surface area contributed by atoms with E-state index in [4.69, 9.17) is 0 Å². The molecule has 15 heavy (non-hydrogen) atoms.